The van der Waals surface area contributed by atoms with Gasteiger partial charge in [-0.2, -0.15) is 0 Å². The average Bonchev–Trinajstić information content (AvgIpc) is 3.73. The van der Waals surface area contributed by atoms with Gasteiger partial charge in [0.1, 0.15) is 48.2 Å². The molecule has 1 saturated heterocycles. The summed E-state index contributed by atoms with van der Waals surface area (Å²) in [5.41, 5.74) is 12.9. The first kappa shape index (κ1) is 30.2. The fraction of sp³-hybridized carbons (Fsp3) is 0.545. The van der Waals surface area contributed by atoms with E-state index >= 15 is 8.78 Å². The molecule has 0 bridgehead atoms. The first-order valence-corrected chi connectivity index (χ1v) is 18.8. The molecule has 16 nitrogen and oxygen atoms in total. The van der Waals surface area contributed by atoms with E-state index in [4.69, 9.17) is 29.6 Å². The molecular formula is C22H26F2N10O6P2S2. The summed E-state index contributed by atoms with van der Waals surface area (Å²) in [6.07, 6.45) is -0.967. The highest BCUT2D eigenvalue weighted by atomic mass is 32.7. The van der Waals surface area contributed by atoms with Crippen LogP contribution in [-0.4, -0.2) is 76.8 Å². The third-order valence-electron chi connectivity index (χ3n) is 8.28. The van der Waals surface area contributed by atoms with E-state index in [0.29, 0.717) is 0 Å². The normalized spacial score (nSPS) is 38.3. The van der Waals surface area contributed by atoms with Gasteiger partial charge in [0, 0.05) is 11.8 Å². The number of halogens is 2. The van der Waals surface area contributed by atoms with Crippen molar-refractivity contribution >= 4 is 72.1 Å². The molecular weight excluding hydrogens is 664 g/mol. The van der Waals surface area contributed by atoms with Gasteiger partial charge in [-0.05, 0) is 12.8 Å². The van der Waals surface area contributed by atoms with Crippen LogP contribution in [0.5, 0.6) is 0 Å². The molecule has 10 atom stereocenters. The lowest BCUT2D eigenvalue weighted by molar-refractivity contribution is 0.0182. The number of nitrogens with two attached hydrogens (primary N) is 2. The highest BCUT2D eigenvalue weighted by Gasteiger charge is 2.53. The first-order valence-electron chi connectivity index (χ1n) is 13.4. The predicted octanol–water partition coefficient (Wildman–Crippen LogP) is 3.52. The number of rotatable bonds is 2. The van der Waals surface area contributed by atoms with E-state index in [-0.39, 0.29) is 60.0 Å². The van der Waals surface area contributed by atoms with Crippen LogP contribution in [0.1, 0.15) is 24.9 Å². The Morgan fingerprint density at radius 2 is 1.14 bits per heavy atom. The number of fused-ring (bicyclic) bond motifs is 4. The Morgan fingerprint density at radius 3 is 1.55 bits per heavy atom. The predicted molar refractivity (Wildman–Crippen MR) is 158 cm³/mol. The van der Waals surface area contributed by atoms with Crippen molar-refractivity contribution in [3.63, 3.8) is 0 Å². The molecule has 4 N–H and O–H groups in total. The lowest BCUT2D eigenvalue weighted by Gasteiger charge is -2.29. The topological polar surface area (TPSA) is 210 Å². The fourth-order valence-electron chi connectivity index (χ4n) is 6.23. The molecule has 4 aromatic rings. The highest BCUT2D eigenvalue weighted by molar-refractivity contribution is 8.44. The fourth-order valence-corrected chi connectivity index (χ4v) is 9.36. The van der Waals surface area contributed by atoms with Gasteiger partial charge in [0.15, 0.2) is 22.9 Å². The molecule has 2 aliphatic carbocycles. The minimum absolute atomic E-state index is 0.0569. The number of alkyl halides is 2. The van der Waals surface area contributed by atoms with Gasteiger partial charge in [0.05, 0.1) is 38.0 Å². The van der Waals surface area contributed by atoms with Crippen LogP contribution in [0.3, 0.4) is 0 Å². The quantitative estimate of drug-likeness (QED) is 0.175. The SMILES string of the molecule is Nc1ncnc2c1ncn2C1CC2COP(=O)(S)OC3C(COP(=O)(S)OC2C1F)CC(n1cnc2c(N)ncnc21)C3F. The van der Waals surface area contributed by atoms with Gasteiger partial charge in [-0.1, -0.05) is 24.5 Å². The van der Waals surface area contributed by atoms with Crippen LogP contribution in [0.2, 0.25) is 0 Å². The number of hydrogen-bond acceptors (Lipinski definition) is 14. The Bertz CT molecular complexity index is 1710. The molecule has 4 aromatic heterocycles. The van der Waals surface area contributed by atoms with Gasteiger partial charge in [-0.3, -0.25) is 9.05 Å². The number of aromatic nitrogens is 8. The molecule has 3 aliphatic rings. The molecule has 236 valence electrons. The van der Waals surface area contributed by atoms with Gasteiger partial charge in [-0.25, -0.2) is 47.8 Å². The van der Waals surface area contributed by atoms with Crippen LogP contribution in [0.25, 0.3) is 22.3 Å². The first-order chi connectivity index (χ1) is 20.9. The summed E-state index contributed by atoms with van der Waals surface area (Å²) in [4.78, 5) is 24.5. The summed E-state index contributed by atoms with van der Waals surface area (Å²) in [6, 6.07) is -1.82. The van der Waals surface area contributed by atoms with Crippen molar-refractivity contribution < 1.29 is 36.0 Å². The molecule has 0 amide bonds. The molecule has 7 rings (SSSR count). The molecule has 44 heavy (non-hydrogen) atoms. The molecule has 0 aromatic carbocycles. The van der Waals surface area contributed by atoms with Crippen molar-refractivity contribution in [1.29, 1.82) is 0 Å². The van der Waals surface area contributed by atoms with Crippen LogP contribution < -0.4 is 11.5 Å². The van der Waals surface area contributed by atoms with Crippen molar-refractivity contribution in [3.8, 4) is 0 Å². The van der Waals surface area contributed by atoms with Crippen LogP contribution in [-0.2, 0) is 27.2 Å². The van der Waals surface area contributed by atoms with Crippen molar-refractivity contribution in [1.82, 2.24) is 39.0 Å². The maximum atomic E-state index is 16.1. The van der Waals surface area contributed by atoms with E-state index in [1.807, 2.05) is 0 Å². The zero-order chi connectivity index (χ0) is 31.0. The number of imidazole rings is 2. The van der Waals surface area contributed by atoms with E-state index in [1.165, 1.54) is 34.4 Å². The highest BCUT2D eigenvalue weighted by Crippen LogP contribution is 2.62. The van der Waals surface area contributed by atoms with E-state index in [1.54, 1.807) is 0 Å². The smallest absolute Gasteiger partial charge is 0.382 e. The van der Waals surface area contributed by atoms with Crippen molar-refractivity contribution in [2.75, 3.05) is 24.7 Å². The van der Waals surface area contributed by atoms with Gasteiger partial charge < -0.3 is 29.6 Å². The summed E-state index contributed by atoms with van der Waals surface area (Å²) in [7, 11) is 0. The van der Waals surface area contributed by atoms with Gasteiger partial charge >= 0.3 is 13.6 Å². The van der Waals surface area contributed by atoms with E-state index in [0.717, 1.165) is 0 Å². The van der Waals surface area contributed by atoms with E-state index in [2.05, 4.69) is 54.4 Å². The standard InChI is InChI=1S/C22H26F2N10O6P2S2/c23-13-11(33-7-31-15-19(25)27-5-29-21(15)33)1-9-3-37-41(35,43)40-18-10(4-38-42(36,44)39-17(9)13)2-12(14(18)24)34-8-32-16-20(26)28-6-30-22(16)34/h5-14,17-18H,1-4H2,(H,35,43)(H,36,44)(H2,25,27,29)(H2,26,28,30). The maximum absolute atomic E-state index is 16.1. The summed E-state index contributed by atoms with van der Waals surface area (Å²) < 4.78 is 84.5. The maximum Gasteiger partial charge on any atom is 0.386 e. The van der Waals surface area contributed by atoms with E-state index < -0.39 is 62.1 Å². The second-order valence-corrected chi connectivity index (χ2v) is 16.6. The number of hydrogen-bond donors (Lipinski definition) is 4. The summed E-state index contributed by atoms with van der Waals surface area (Å²) in [5.74, 6) is -1.41. The minimum atomic E-state index is -4.23. The zero-order valence-corrected chi connectivity index (χ0v) is 26.1. The van der Waals surface area contributed by atoms with Crippen LogP contribution in [0.4, 0.5) is 20.4 Å². The van der Waals surface area contributed by atoms with Crippen LogP contribution >= 0.6 is 38.1 Å². The second kappa shape index (κ2) is 11.1. The Hall–Kier alpha value is -2.44. The van der Waals surface area contributed by atoms with Crippen LogP contribution in [0, 0.1) is 11.8 Å². The molecule has 1 aliphatic heterocycles. The largest absolute Gasteiger partial charge is 0.386 e. The van der Waals surface area contributed by atoms with Gasteiger partial charge in [-0.15, -0.1) is 0 Å². The minimum Gasteiger partial charge on any atom is -0.382 e. The van der Waals surface area contributed by atoms with Crippen LogP contribution in [0.15, 0.2) is 25.3 Å². The molecule has 0 radical (unpaired) electrons. The monoisotopic (exact) mass is 690 g/mol. The number of thiol groups is 2. The molecule has 5 heterocycles. The Kier molecular flexibility index (Phi) is 7.64. The second-order valence-electron chi connectivity index (χ2n) is 10.8. The molecule has 3 fully saturated rings. The molecule has 2 saturated carbocycles. The third-order valence-corrected chi connectivity index (χ3v) is 11.5. The summed E-state index contributed by atoms with van der Waals surface area (Å²) in [6.45, 7) is -9.23. The van der Waals surface area contributed by atoms with Gasteiger partial charge in [0.2, 0.25) is 0 Å². The average molecular weight is 691 g/mol. The number of nitrogens with zero attached hydrogens (tertiary/aromatic N) is 8. The molecule has 0 spiro atoms. The number of nitrogen functional groups attached to an aromatic ring is 2. The third kappa shape index (κ3) is 5.28. The Balaban J connectivity index is 1.17. The lowest BCUT2D eigenvalue weighted by atomic mass is 10.1. The van der Waals surface area contributed by atoms with Crippen molar-refractivity contribution in [2.24, 2.45) is 11.8 Å². The van der Waals surface area contributed by atoms with Crippen molar-refractivity contribution in [2.45, 2.75) is 49.5 Å². The molecule has 22 heteroatoms. The van der Waals surface area contributed by atoms with Crippen molar-refractivity contribution in [3.05, 3.63) is 25.3 Å². The van der Waals surface area contributed by atoms with Gasteiger partial charge in [0.25, 0.3) is 0 Å². The number of anilines is 2. The molecule has 10 unspecified atom stereocenters. The zero-order valence-electron chi connectivity index (χ0n) is 22.5. The van der Waals surface area contributed by atoms with E-state index in [9.17, 15) is 9.13 Å². The lowest BCUT2D eigenvalue weighted by Crippen LogP contribution is -2.32. The Morgan fingerprint density at radius 1 is 0.727 bits per heavy atom. The summed E-state index contributed by atoms with van der Waals surface area (Å²) >= 11 is 8.21. The summed E-state index contributed by atoms with van der Waals surface area (Å²) in [5, 5.41) is 0. The Labute approximate surface area is 258 Å².